The molecule has 2 atom stereocenters. The average Bonchev–Trinajstić information content (AvgIpc) is 3.59. The van der Waals surface area contributed by atoms with Crippen LogP contribution in [0.15, 0.2) is 36.8 Å². The number of nitrogen functional groups attached to an aromatic ring is 1. The lowest BCUT2D eigenvalue weighted by atomic mass is 9.76. The monoisotopic (exact) mass is 529 g/mol. The number of hydrogen-bond acceptors (Lipinski definition) is 6. The van der Waals surface area contributed by atoms with E-state index in [4.69, 9.17) is 15.5 Å². The summed E-state index contributed by atoms with van der Waals surface area (Å²) in [5, 5.41) is 0.895. The molecule has 8 heteroatoms. The maximum absolute atomic E-state index is 6.55. The number of aromatic nitrogens is 5. The second-order valence-electron chi connectivity index (χ2n) is 13.0. The Balaban J connectivity index is 1.01. The van der Waals surface area contributed by atoms with E-state index in [0.717, 1.165) is 59.6 Å². The van der Waals surface area contributed by atoms with Gasteiger partial charge in [-0.05, 0) is 81.0 Å². The van der Waals surface area contributed by atoms with Crippen molar-refractivity contribution in [3.8, 4) is 0 Å². The SMILES string of the molecule is CC(C)N(CC1CCC(n2ccc3c(N)ncnc32)O1)C1CC(CCc2nc3ccc(C(C)(C)C)cc3[nH]2)C1. The molecule has 6 rings (SSSR count). The molecule has 1 aliphatic carbocycles. The van der Waals surface area contributed by atoms with E-state index < -0.39 is 0 Å². The molecule has 0 spiro atoms. The Morgan fingerprint density at radius 1 is 1.15 bits per heavy atom. The van der Waals surface area contributed by atoms with Crippen LogP contribution in [0.2, 0.25) is 0 Å². The molecule has 3 aromatic heterocycles. The molecule has 1 saturated heterocycles. The van der Waals surface area contributed by atoms with E-state index >= 15 is 0 Å². The first kappa shape index (κ1) is 26.3. The third-order valence-electron chi connectivity index (χ3n) is 8.88. The number of hydrogen-bond donors (Lipinski definition) is 2. The molecule has 4 heterocycles. The van der Waals surface area contributed by atoms with Crippen LogP contribution in [0.1, 0.15) is 84.3 Å². The fraction of sp³-hybridized carbons (Fsp3) is 0.581. The lowest BCUT2D eigenvalue weighted by Gasteiger charge is -2.46. The Kier molecular flexibility index (Phi) is 6.88. The number of aryl methyl sites for hydroxylation is 1. The van der Waals surface area contributed by atoms with Crippen molar-refractivity contribution >= 4 is 27.9 Å². The zero-order valence-corrected chi connectivity index (χ0v) is 24.0. The fourth-order valence-electron chi connectivity index (χ4n) is 6.46. The van der Waals surface area contributed by atoms with Crippen molar-refractivity contribution in [2.75, 3.05) is 12.3 Å². The Hall–Kier alpha value is -2.97. The van der Waals surface area contributed by atoms with Crippen LogP contribution < -0.4 is 5.73 Å². The molecule has 4 aromatic rings. The highest BCUT2D eigenvalue weighted by Gasteiger charge is 2.37. The number of benzene rings is 1. The molecular formula is C31H43N7O. The van der Waals surface area contributed by atoms with Crippen LogP contribution in [0.4, 0.5) is 5.82 Å². The highest BCUT2D eigenvalue weighted by molar-refractivity contribution is 5.86. The predicted octanol–water partition coefficient (Wildman–Crippen LogP) is 5.99. The van der Waals surface area contributed by atoms with Crippen molar-refractivity contribution in [3.63, 3.8) is 0 Å². The summed E-state index contributed by atoms with van der Waals surface area (Å²) in [6.45, 7) is 12.4. The van der Waals surface area contributed by atoms with Gasteiger partial charge in [-0.1, -0.05) is 26.8 Å². The molecule has 8 nitrogen and oxygen atoms in total. The van der Waals surface area contributed by atoms with Crippen molar-refractivity contribution in [3.05, 3.63) is 48.2 Å². The molecule has 39 heavy (non-hydrogen) atoms. The van der Waals surface area contributed by atoms with E-state index in [0.29, 0.717) is 17.9 Å². The molecule has 1 saturated carbocycles. The molecule has 1 aliphatic heterocycles. The maximum Gasteiger partial charge on any atom is 0.147 e. The lowest BCUT2D eigenvalue weighted by molar-refractivity contribution is -0.0391. The second-order valence-corrected chi connectivity index (χ2v) is 13.0. The number of H-pyrrole nitrogens is 1. The van der Waals surface area contributed by atoms with Crippen molar-refractivity contribution in [1.82, 2.24) is 29.4 Å². The number of nitrogens with two attached hydrogens (primary N) is 1. The number of nitrogens with one attached hydrogen (secondary N) is 1. The Morgan fingerprint density at radius 2 is 1.97 bits per heavy atom. The third kappa shape index (κ3) is 5.29. The molecule has 1 aromatic carbocycles. The quantitative estimate of drug-likeness (QED) is 0.291. The minimum atomic E-state index is 0.00763. The molecule has 0 amide bonds. The Labute approximate surface area is 231 Å². The lowest BCUT2D eigenvalue weighted by Crippen LogP contribution is -2.50. The van der Waals surface area contributed by atoms with Gasteiger partial charge in [0.1, 0.15) is 29.8 Å². The topological polar surface area (TPSA) is 97.9 Å². The van der Waals surface area contributed by atoms with Gasteiger partial charge in [-0.3, -0.25) is 4.90 Å². The zero-order valence-electron chi connectivity index (χ0n) is 24.0. The molecule has 2 aliphatic rings. The number of anilines is 1. The van der Waals surface area contributed by atoms with E-state index in [1.165, 1.54) is 31.2 Å². The van der Waals surface area contributed by atoms with E-state index in [1.807, 2.05) is 12.3 Å². The fourth-order valence-corrected chi connectivity index (χ4v) is 6.46. The summed E-state index contributed by atoms with van der Waals surface area (Å²) in [5.41, 5.74) is 10.6. The molecule has 0 bridgehead atoms. The van der Waals surface area contributed by atoms with E-state index in [9.17, 15) is 0 Å². The van der Waals surface area contributed by atoms with Gasteiger partial charge >= 0.3 is 0 Å². The summed E-state index contributed by atoms with van der Waals surface area (Å²) in [4.78, 5) is 19.7. The smallest absolute Gasteiger partial charge is 0.147 e. The molecule has 208 valence electrons. The summed E-state index contributed by atoms with van der Waals surface area (Å²) < 4.78 is 8.67. The van der Waals surface area contributed by atoms with E-state index in [1.54, 1.807) is 0 Å². The van der Waals surface area contributed by atoms with Gasteiger partial charge in [0.05, 0.1) is 22.5 Å². The van der Waals surface area contributed by atoms with Gasteiger partial charge in [0.25, 0.3) is 0 Å². The van der Waals surface area contributed by atoms with Crippen LogP contribution in [-0.4, -0.2) is 54.1 Å². The Bertz CT molecular complexity index is 1440. The van der Waals surface area contributed by atoms with Crippen molar-refractivity contribution in [2.45, 2.75) is 103 Å². The summed E-state index contributed by atoms with van der Waals surface area (Å²) in [5.74, 6) is 2.41. The van der Waals surface area contributed by atoms with Gasteiger partial charge in [-0.15, -0.1) is 0 Å². The summed E-state index contributed by atoms with van der Waals surface area (Å²) in [6.07, 6.45) is 10.6. The van der Waals surface area contributed by atoms with E-state index in [-0.39, 0.29) is 17.7 Å². The number of nitrogens with zero attached hydrogens (tertiary/aromatic N) is 5. The minimum absolute atomic E-state index is 0.00763. The maximum atomic E-state index is 6.55. The van der Waals surface area contributed by atoms with Crippen LogP contribution in [0.5, 0.6) is 0 Å². The second kappa shape index (κ2) is 10.2. The van der Waals surface area contributed by atoms with E-state index in [2.05, 4.69) is 77.2 Å². The normalized spacial score (nSPS) is 23.9. The number of imidazole rings is 1. The first-order valence-electron chi connectivity index (χ1n) is 14.6. The summed E-state index contributed by atoms with van der Waals surface area (Å²) in [7, 11) is 0. The summed E-state index contributed by atoms with van der Waals surface area (Å²) in [6, 6.07) is 9.78. The van der Waals surface area contributed by atoms with Gasteiger partial charge in [-0.25, -0.2) is 15.0 Å². The highest BCUT2D eigenvalue weighted by atomic mass is 16.5. The minimum Gasteiger partial charge on any atom is -0.383 e. The third-order valence-corrected chi connectivity index (χ3v) is 8.88. The molecular weight excluding hydrogens is 486 g/mol. The van der Waals surface area contributed by atoms with Crippen LogP contribution in [0, 0.1) is 5.92 Å². The zero-order chi connectivity index (χ0) is 27.3. The standard InChI is InChI=1S/C31H43N7O/c1-19(2)38(17-23-8-11-28(39-23)37-13-12-24-29(32)33-18-34-30(24)37)22-14-20(15-22)6-10-27-35-25-9-7-21(31(3,4)5)16-26(25)36-27/h7,9,12-13,16,18-20,22-23,28H,6,8,10-11,14-15,17H2,1-5H3,(H,35,36)(H2,32,33,34). The molecule has 2 fully saturated rings. The van der Waals surface area contributed by atoms with Crippen molar-refractivity contribution < 1.29 is 4.74 Å². The largest absolute Gasteiger partial charge is 0.383 e. The first-order valence-corrected chi connectivity index (χ1v) is 14.6. The molecule has 2 unspecified atom stereocenters. The average molecular weight is 530 g/mol. The van der Waals surface area contributed by atoms with Crippen LogP contribution in [-0.2, 0) is 16.6 Å². The Morgan fingerprint density at radius 3 is 2.74 bits per heavy atom. The van der Waals surface area contributed by atoms with Gasteiger partial charge in [0.15, 0.2) is 0 Å². The van der Waals surface area contributed by atoms with Crippen LogP contribution in [0.25, 0.3) is 22.1 Å². The van der Waals surface area contributed by atoms with Gasteiger partial charge in [0, 0.05) is 31.2 Å². The summed E-state index contributed by atoms with van der Waals surface area (Å²) >= 11 is 0. The predicted molar refractivity (Wildman–Crippen MR) is 157 cm³/mol. The van der Waals surface area contributed by atoms with Crippen LogP contribution in [0.3, 0.4) is 0 Å². The van der Waals surface area contributed by atoms with Crippen LogP contribution >= 0.6 is 0 Å². The van der Waals surface area contributed by atoms with Gasteiger partial charge in [0.2, 0.25) is 0 Å². The molecule has 3 N–H and O–H groups in total. The van der Waals surface area contributed by atoms with Gasteiger partial charge < -0.3 is 20.0 Å². The number of ether oxygens (including phenoxy) is 1. The number of fused-ring (bicyclic) bond motifs is 2. The van der Waals surface area contributed by atoms with Crippen molar-refractivity contribution in [2.24, 2.45) is 5.92 Å². The van der Waals surface area contributed by atoms with Gasteiger partial charge in [-0.2, -0.15) is 0 Å². The molecule has 0 radical (unpaired) electrons. The number of aromatic amines is 1. The number of rotatable bonds is 8. The van der Waals surface area contributed by atoms with Crippen molar-refractivity contribution in [1.29, 1.82) is 0 Å². The first-order chi connectivity index (χ1) is 18.7. The highest BCUT2D eigenvalue weighted by Crippen LogP contribution is 2.38.